The molecular formula is C25H32N4O2. The van der Waals surface area contributed by atoms with Crippen molar-refractivity contribution in [3.05, 3.63) is 65.2 Å². The molecule has 164 valence electrons. The summed E-state index contributed by atoms with van der Waals surface area (Å²) in [6.07, 6.45) is 3.62. The second kappa shape index (κ2) is 9.52. The Labute approximate surface area is 184 Å². The Balaban J connectivity index is 1.37. The van der Waals surface area contributed by atoms with Crippen LogP contribution in [-0.2, 0) is 0 Å². The summed E-state index contributed by atoms with van der Waals surface area (Å²) < 4.78 is 0. The van der Waals surface area contributed by atoms with Crippen molar-refractivity contribution < 1.29 is 9.59 Å². The number of likely N-dealkylation sites (tertiary alicyclic amines) is 1. The Bertz CT molecular complexity index is 919. The van der Waals surface area contributed by atoms with Gasteiger partial charge in [-0.05, 0) is 70.1 Å². The summed E-state index contributed by atoms with van der Waals surface area (Å²) in [7, 11) is 0. The van der Waals surface area contributed by atoms with Gasteiger partial charge >= 0.3 is 0 Å². The highest BCUT2D eigenvalue weighted by Gasteiger charge is 2.37. The van der Waals surface area contributed by atoms with Crippen LogP contribution in [0.1, 0.15) is 65.6 Å². The first kappa shape index (κ1) is 21.4. The van der Waals surface area contributed by atoms with Crippen LogP contribution in [-0.4, -0.2) is 53.8 Å². The molecule has 2 heterocycles. The molecule has 0 spiro atoms. The zero-order valence-electron chi connectivity index (χ0n) is 18.4. The highest BCUT2D eigenvalue weighted by atomic mass is 16.2. The molecular weight excluding hydrogens is 388 g/mol. The molecule has 2 amide bonds. The van der Waals surface area contributed by atoms with E-state index in [1.165, 1.54) is 19.3 Å². The molecule has 0 saturated carbocycles. The minimum Gasteiger partial charge on any atom is -0.361 e. The molecule has 1 atom stereocenters. The van der Waals surface area contributed by atoms with E-state index in [0.29, 0.717) is 12.1 Å². The maximum atomic E-state index is 12.8. The van der Waals surface area contributed by atoms with Gasteiger partial charge in [0, 0.05) is 41.5 Å². The van der Waals surface area contributed by atoms with Gasteiger partial charge < -0.3 is 20.4 Å². The number of carbonyl (C=O) groups excluding carboxylic acids is 2. The van der Waals surface area contributed by atoms with E-state index in [-0.39, 0.29) is 24.0 Å². The number of nitrogens with zero attached hydrogens (tertiary/aromatic N) is 2. The zero-order valence-corrected chi connectivity index (χ0v) is 18.4. The number of amides is 2. The molecule has 1 fully saturated rings. The number of rotatable bonds is 7. The normalized spacial score (nSPS) is 18.9. The van der Waals surface area contributed by atoms with Gasteiger partial charge in [0.1, 0.15) is 6.17 Å². The van der Waals surface area contributed by atoms with Crippen molar-refractivity contribution in [1.82, 2.24) is 15.1 Å². The molecule has 6 nitrogen and oxygen atoms in total. The SMILES string of the molecule is CC(C)N1C(=O)c2ccccc2[C@@H]1Nc1ccc(C(=O)NCCN2CCCCC2)cc1. The summed E-state index contributed by atoms with van der Waals surface area (Å²) >= 11 is 0. The van der Waals surface area contributed by atoms with E-state index >= 15 is 0 Å². The van der Waals surface area contributed by atoms with Gasteiger partial charge in [0.2, 0.25) is 0 Å². The Kier molecular flexibility index (Phi) is 6.56. The molecule has 0 radical (unpaired) electrons. The van der Waals surface area contributed by atoms with Crippen LogP contribution in [0.15, 0.2) is 48.5 Å². The molecule has 0 aromatic heterocycles. The summed E-state index contributed by atoms with van der Waals surface area (Å²) in [6.45, 7) is 7.90. The molecule has 2 aliphatic rings. The van der Waals surface area contributed by atoms with Gasteiger partial charge in [0.25, 0.3) is 11.8 Å². The number of benzene rings is 2. The van der Waals surface area contributed by atoms with Crippen LogP contribution in [0.4, 0.5) is 5.69 Å². The maximum Gasteiger partial charge on any atom is 0.256 e. The Morgan fingerprint density at radius 1 is 1.03 bits per heavy atom. The number of nitrogens with one attached hydrogen (secondary N) is 2. The third-order valence-electron chi connectivity index (χ3n) is 6.17. The van der Waals surface area contributed by atoms with Crippen molar-refractivity contribution in [2.45, 2.75) is 45.3 Å². The van der Waals surface area contributed by atoms with Crippen LogP contribution < -0.4 is 10.6 Å². The minimum absolute atomic E-state index is 0.0474. The van der Waals surface area contributed by atoms with Crippen LogP contribution in [0.5, 0.6) is 0 Å². The van der Waals surface area contributed by atoms with Gasteiger partial charge in [-0.3, -0.25) is 9.59 Å². The van der Waals surface area contributed by atoms with E-state index < -0.39 is 0 Å². The van der Waals surface area contributed by atoms with E-state index in [9.17, 15) is 9.59 Å². The van der Waals surface area contributed by atoms with Gasteiger partial charge in [0.15, 0.2) is 0 Å². The van der Waals surface area contributed by atoms with Crippen LogP contribution in [0.25, 0.3) is 0 Å². The Morgan fingerprint density at radius 2 is 1.74 bits per heavy atom. The zero-order chi connectivity index (χ0) is 21.8. The molecule has 6 heteroatoms. The Hall–Kier alpha value is -2.86. The lowest BCUT2D eigenvalue weighted by molar-refractivity contribution is 0.0685. The first-order valence-electron chi connectivity index (χ1n) is 11.3. The highest BCUT2D eigenvalue weighted by Crippen LogP contribution is 2.35. The second-order valence-corrected chi connectivity index (χ2v) is 8.68. The number of anilines is 1. The lowest BCUT2D eigenvalue weighted by atomic mass is 10.1. The van der Waals surface area contributed by atoms with Crippen LogP contribution >= 0.6 is 0 Å². The van der Waals surface area contributed by atoms with Crippen LogP contribution in [0.2, 0.25) is 0 Å². The first-order chi connectivity index (χ1) is 15.0. The summed E-state index contributed by atoms with van der Waals surface area (Å²) in [5, 5.41) is 6.50. The lowest BCUT2D eigenvalue weighted by Gasteiger charge is -2.30. The summed E-state index contributed by atoms with van der Waals surface area (Å²) in [5.74, 6) is 0.00144. The fourth-order valence-corrected chi connectivity index (χ4v) is 4.50. The number of piperidine rings is 1. The van der Waals surface area contributed by atoms with Crippen molar-refractivity contribution in [3.63, 3.8) is 0 Å². The summed E-state index contributed by atoms with van der Waals surface area (Å²) in [4.78, 5) is 29.6. The number of fused-ring (bicyclic) bond motifs is 1. The number of carbonyl (C=O) groups is 2. The minimum atomic E-state index is -0.215. The molecule has 1 saturated heterocycles. The van der Waals surface area contributed by atoms with E-state index in [4.69, 9.17) is 0 Å². The predicted octanol–water partition coefficient (Wildman–Crippen LogP) is 3.88. The van der Waals surface area contributed by atoms with Crippen molar-refractivity contribution in [3.8, 4) is 0 Å². The van der Waals surface area contributed by atoms with Gasteiger partial charge in [0.05, 0.1) is 0 Å². The quantitative estimate of drug-likeness (QED) is 0.714. The topological polar surface area (TPSA) is 64.7 Å². The predicted molar refractivity (Wildman–Crippen MR) is 123 cm³/mol. The molecule has 31 heavy (non-hydrogen) atoms. The molecule has 2 N–H and O–H groups in total. The third-order valence-corrected chi connectivity index (χ3v) is 6.17. The van der Waals surface area contributed by atoms with E-state index in [0.717, 1.165) is 36.4 Å². The second-order valence-electron chi connectivity index (χ2n) is 8.68. The molecule has 2 aliphatic heterocycles. The standard InChI is InChI=1S/C25H32N4O2/c1-18(2)29-23(21-8-4-5-9-22(21)25(29)31)27-20-12-10-19(11-13-20)24(30)26-14-17-28-15-6-3-7-16-28/h4-5,8-13,18,23,27H,3,6-7,14-17H2,1-2H3,(H,26,30)/t23-/m1/s1. The van der Waals surface area contributed by atoms with Crippen molar-refractivity contribution in [2.24, 2.45) is 0 Å². The maximum absolute atomic E-state index is 12.8. The highest BCUT2D eigenvalue weighted by molar-refractivity contribution is 5.99. The smallest absolute Gasteiger partial charge is 0.256 e. The number of hydrogen-bond donors (Lipinski definition) is 2. The van der Waals surface area contributed by atoms with Crippen molar-refractivity contribution in [1.29, 1.82) is 0 Å². The van der Waals surface area contributed by atoms with Gasteiger partial charge in [-0.1, -0.05) is 24.6 Å². The van der Waals surface area contributed by atoms with Gasteiger partial charge in [-0.2, -0.15) is 0 Å². The molecule has 0 bridgehead atoms. The monoisotopic (exact) mass is 420 g/mol. The number of hydrogen-bond acceptors (Lipinski definition) is 4. The van der Waals surface area contributed by atoms with Crippen LogP contribution in [0, 0.1) is 0 Å². The summed E-state index contributed by atoms with van der Waals surface area (Å²) in [6, 6.07) is 15.3. The first-order valence-corrected chi connectivity index (χ1v) is 11.3. The van der Waals surface area contributed by atoms with E-state index in [2.05, 4.69) is 15.5 Å². The molecule has 0 unspecified atom stereocenters. The lowest BCUT2D eigenvalue weighted by Crippen LogP contribution is -2.38. The van der Waals surface area contributed by atoms with E-state index in [1.807, 2.05) is 67.3 Å². The largest absolute Gasteiger partial charge is 0.361 e. The van der Waals surface area contributed by atoms with Crippen LogP contribution in [0.3, 0.4) is 0 Å². The summed E-state index contributed by atoms with van der Waals surface area (Å²) in [5.41, 5.74) is 3.26. The average molecular weight is 421 g/mol. The van der Waals surface area contributed by atoms with Crippen molar-refractivity contribution >= 4 is 17.5 Å². The van der Waals surface area contributed by atoms with E-state index in [1.54, 1.807) is 0 Å². The fourth-order valence-electron chi connectivity index (χ4n) is 4.50. The molecule has 4 rings (SSSR count). The third kappa shape index (κ3) is 4.74. The van der Waals surface area contributed by atoms with Gasteiger partial charge in [-0.25, -0.2) is 0 Å². The fraction of sp³-hybridized carbons (Fsp3) is 0.440. The Morgan fingerprint density at radius 3 is 2.45 bits per heavy atom. The van der Waals surface area contributed by atoms with Gasteiger partial charge in [-0.15, -0.1) is 0 Å². The van der Waals surface area contributed by atoms with Crippen molar-refractivity contribution in [2.75, 3.05) is 31.5 Å². The molecule has 2 aromatic rings. The molecule has 2 aromatic carbocycles. The average Bonchev–Trinajstić information content (AvgIpc) is 3.07. The molecule has 0 aliphatic carbocycles.